The predicted octanol–water partition coefficient (Wildman–Crippen LogP) is 2.66. The molecule has 2 aliphatic rings. The van der Waals surface area contributed by atoms with Crippen LogP contribution in [0.25, 0.3) is 0 Å². The lowest BCUT2D eigenvalue weighted by Crippen LogP contribution is -2.37. The first-order valence-electron chi connectivity index (χ1n) is 10.6. The third-order valence-corrected chi connectivity index (χ3v) is 8.23. The van der Waals surface area contributed by atoms with E-state index >= 15 is 0 Å². The molecule has 9 nitrogen and oxygen atoms in total. The molecule has 1 aliphatic carbocycles. The maximum atomic E-state index is 12.6. The van der Waals surface area contributed by atoms with E-state index in [1.807, 2.05) is 6.92 Å². The molecule has 1 aromatic rings. The molecule has 0 radical (unpaired) electrons. The zero-order valence-electron chi connectivity index (χ0n) is 17.9. The third kappa shape index (κ3) is 6.20. The Bertz CT molecular complexity index is 909. The fourth-order valence-electron chi connectivity index (χ4n) is 3.81. The summed E-state index contributed by atoms with van der Waals surface area (Å²) in [5.41, 5.74) is 0.761. The number of nitrogens with one attached hydrogen (secondary N) is 1. The quantitative estimate of drug-likeness (QED) is 0.282. The number of benzene rings is 1. The van der Waals surface area contributed by atoms with Crippen molar-refractivity contribution in [2.45, 2.75) is 35.8 Å². The third-order valence-electron chi connectivity index (χ3n) is 5.50. The van der Waals surface area contributed by atoms with E-state index in [2.05, 4.69) is 37.2 Å². The van der Waals surface area contributed by atoms with Gasteiger partial charge in [-0.3, -0.25) is 24.1 Å². The fourth-order valence-corrected chi connectivity index (χ4v) is 5.04. The molecule has 0 aromatic heterocycles. The van der Waals surface area contributed by atoms with Crippen LogP contribution in [0.1, 0.15) is 36.5 Å². The second-order valence-corrected chi connectivity index (χ2v) is 10.3. The molecule has 1 aliphatic heterocycles. The van der Waals surface area contributed by atoms with E-state index in [4.69, 9.17) is 9.47 Å². The Morgan fingerprint density at radius 3 is 2.12 bits per heavy atom. The molecule has 33 heavy (non-hydrogen) atoms. The lowest BCUT2D eigenvalue weighted by Gasteiger charge is -2.29. The Labute approximate surface area is 207 Å². The van der Waals surface area contributed by atoms with Crippen molar-refractivity contribution in [2.75, 3.05) is 25.1 Å². The second-order valence-electron chi connectivity index (χ2n) is 7.90. The highest BCUT2D eigenvalue weighted by atomic mass is 79.9. The van der Waals surface area contributed by atoms with E-state index in [9.17, 15) is 24.0 Å². The fraction of sp³-hybridized carbons (Fsp3) is 0.500. The number of likely N-dealkylation sites (tertiary alicyclic amines) is 1. The highest BCUT2D eigenvalue weighted by molar-refractivity contribution is 9.12. The Morgan fingerprint density at radius 2 is 1.58 bits per heavy atom. The number of halogens is 2. The highest BCUT2D eigenvalue weighted by Gasteiger charge is 2.52. The number of hydrogen-bond donors (Lipinski definition) is 1. The smallest absolute Gasteiger partial charge is 0.338 e. The van der Waals surface area contributed by atoms with Crippen LogP contribution in [-0.4, -0.2) is 64.0 Å². The van der Waals surface area contributed by atoms with E-state index < -0.39 is 42.8 Å². The SMILES string of the molecule is CCCOC(=O)c1ccc(NC(=O)COC(=O)CN2C(=O)[C@H]3C[C@H](Br)[C@@H](Br)C[C@H]3C2=O)cc1. The molecule has 178 valence electrons. The molecule has 0 bridgehead atoms. The minimum atomic E-state index is -0.842. The average Bonchev–Trinajstić information content (AvgIpc) is 3.01. The van der Waals surface area contributed by atoms with E-state index in [0.29, 0.717) is 37.1 Å². The lowest BCUT2D eigenvalue weighted by molar-refractivity contribution is -0.154. The number of carbonyl (C=O) groups excluding carboxylic acids is 5. The van der Waals surface area contributed by atoms with Gasteiger partial charge >= 0.3 is 11.9 Å². The van der Waals surface area contributed by atoms with Crippen LogP contribution in [0.5, 0.6) is 0 Å². The molecule has 4 atom stereocenters. The highest BCUT2D eigenvalue weighted by Crippen LogP contribution is 2.43. The number of anilines is 1. The molecule has 0 spiro atoms. The number of carbonyl (C=O) groups is 5. The standard InChI is InChI=1S/C22H24Br2N2O7/c1-2-7-32-22(31)12-3-5-13(6-4-12)25-18(27)11-33-19(28)10-26-20(29)14-8-16(23)17(24)9-15(14)21(26)30/h3-6,14-17H,2,7-11H2,1H3,(H,25,27)/t14-,15+,16-,17-/m0/s1. The molecule has 1 heterocycles. The number of nitrogens with zero attached hydrogens (tertiary/aromatic N) is 1. The zero-order valence-corrected chi connectivity index (χ0v) is 21.1. The van der Waals surface area contributed by atoms with Crippen LogP contribution < -0.4 is 5.32 Å². The number of ether oxygens (including phenoxy) is 2. The van der Waals surface area contributed by atoms with Crippen LogP contribution in [0.15, 0.2) is 24.3 Å². The molecule has 2 fully saturated rings. The van der Waals surface area contributed by atoms with Crippen LogP contribution in [0, 0.1) is 11.8 Å². The van der Waals surface area contributed by atoms with Crippen LogP contribution in [0.2, 0.25) is 0 Å². The first-order valence-corrected chi connectivity index (χ1v) is 12.4. The Balaban J connectivity index is 1.46. The molecule has 11 heteroatoms. The summed E-state index contributed by atoms with van der Waals surface area (Å²) in [5, 5.41) is 2.54. The normalized spacial score (nSPS) is 24.3. The lowest BCUT2D eigenvalue weighted by atomic mass is 9.81. The van der Waals surface area contributed by atoms with Crippen molar-refractivity contribution < 1.29 is 33.4 Å². The Morgan fingerprint density at radius 1 is 1.00 bits per heavy atom. The molecule has 1 saturated heterocycles. The number of alkyl halides is 2. The monoisotopic (exact) mass is 586 g/mol. The van der Waals surface area contributed by atoms with Gasteiger partial charge in [-0.05, 0) is 43.5 Å². The maximum absolute atomic E-state index is 12.6. The van der Waals surface area contributed by atoms with E-state index in [1.165, 1.54) is 24.3 Å². The first-order chi connectivity index (χ1) is 15.7. The van der Waals surface area contributed by atoms with Gasteiger partial charge in [0.15, 0.2) is 6.61 Å². The average molecular weight is 588 g/mol. The van der Waals surface area contributed by atoms with Gasteiger partial charge in [0.25, 0.3) is 5.91 Å². The van der Waals surface area contributed by atoms with Gasteiger partial charge in [-0.15, -0.1) is 0 Å². The van der Waals surface area contributed by atoms with Gasteiger partial charge in [0.2, 0.25) is 11.8 Å². The summed E-state index contributed by atoms with van der Waals surface area (Å²) in [4.78, 5) is 62.3. The number of amides is 3. The molecule has 3 rings (SSSR count). The van der Waals surface area contributed by atoms with Crippen LogP contribution in [-0.2, 0) is 28.7 Å². The topological polar surface area (TPSA) is 119 Å². The summed E-state index contributed by atoms with van der Waals surface area (Å²) in [5.74, 6) is -3.55. The van der Waals surface area contributed by atoms with Crippen molar-refractivity contribution in [3.63, 3.8) is 0 Å². The van der Waals surface area contributed by atoms with Crippen molar-refractivity contribution >= 4 is 67.2 Å². The summed E-state index contributed by atoms with van der Waals surface area (Å²) in [6.07, 6.45) is 1.73. The molecule has 1 aromatic carbocycles. The van der Waals surface area contributed by atoms with Gasteiger partial charge in [0.1, 0.15) is 6.54 Å². The number of hydrogen-bond acceptors (Lipinski definition) is 7. The van der Waals surface area contributed by atoms with Crippen LogP contribution in [0.3, 0.4) is 0 Å². The summed E-state index contributed by atoms with van der Waals surface area (Å²) < 4.78 is 9.98. The largest absolute Gasteiger partial charge is 0.462 e. The van der Waals surface area contributed by atoms with Crippen molar-refractivity contribution in [2.24, 2.45) is 11.8 Å². The molecule has 1 N–H and O–H groups in total. The van der Waals surface area contributed by atoms with Crippen molar-refractivity contribution in [1.82, 2.24) is 4.90 Å². The second kappa shape index (κ2) is 11.2. The first kappa shape index (κ1) is 25.4. The molecular weight excluding hydrogens is 564 g/mol. The molecule has 0 unspecified atom stereocenters. The van der Waals surface area contributed by atoms with Crippen molar-refractivity contribution in [1.29, 1.82) is 0 Å². The summed E-state index contributed by atoms with van der Waals surface area (Å²) in [7, 11) is 0. The number of esters is 2. The molecular formula is C22H24Br2N2O7. The van der Waals surface area contributed by atoms with Gasteiger partial charge in [-0.2, -0.15) is 0 Å². The van der Waals surface area contributed by atoms with Gasteiger partial charge in [-0.1, -0.05) is 38.8 Å². The minimum absolute atomic E-state index is 0.0714. The zero-order chi connectivity index (χ0) is 24.1. The van der Waals surface area contributed by atoms with Crippen LogP contribution in [0.4, 0.5) is 5.69 Å². The van der Waals surface area contributed by atoms with E-state index in [-0.39, 0.29) is 21.5 Å². The summed E-state index contributed by atoms with van der Waals surface area (Å²) in [6, 6.07) is 6.08. The maximum Gasteiger partial charge on any atom is 0.338 e. The van der Waals surface area contributed by atoms with Crippen LogP contribution >= 0.6 is 31.9 Å². The number of fused-ring (bicyclic) bond motifs is 1. The van der Waals surface area contributed by atoms with E-state index in [1.54, 1.807) is 0 Å². The van der Waals surface area contributed by atoms with Gasteiger partial charge in [-0.25, -0.2) is 4.79 Å². The van der Waals surface area contributed by atoms with Gasteiger partial charge in [0.05, 0.1) is 24.0 Å². The summed E-state index contributed by atoms with van der Waals surface area (Å²) >= 11 is 7.02. The van der Waals surface area contributed by atoms with Gasteiger partial charge in [0, 0.05) is 15.3 Å². The number of imide groups is 1. The molecule has 1 saturated carbocycles. The predicted molar refractivity (Wildman–Crippen MR) is 125 cm³/mol. The number of rotatable bonds is 8. The van der Waals surface area contributed by atoms with E-state index in [0.717, 1.165) is 4.90 Å². The van der Waals surface area contributed by atoms with Gasteiger partial charge < -0.3 is 14.8 Å². The van der Waals surface area contributed by atoms with Crippen molar-refractivity contribution in [3.05, 3.63) is 29.8 Å². The Hall–Kier alpha value is -2.27. The minimum Gasteiger partial charge on any atom is -0.462 e. The Kier molecular flexibility index (Phi) is 8.63. The van der Waals surface area contributed by atoms with Crippen molar-refractivity contribution in [3.8, 4) is 0 Å². The summed E-state index contributed by atoms with van der Waals surface area (Å²) in [6.45, 7) is 1.12. The molecule has 3 amide bonds.